The van der Waals surface area contributed by atoms with E-state index in [1.54, 1.807) is 0 Å². The molecule has 0 aliphatic carbocycles. The Morgan fingerprint density at radius 2 is 2.00 bits per heavy atom. The van der Waals surface area contributed by atoms with Crippen molar-refractivity contribution in [2.45, 2.75) is 19.8 Å². The van der Waals surface area contributed by atoms with Crippen LogP contribution in [-0.2, 0) is 9.53 Å². The average Bonchev–Trinajstić information content (AvgIpc) is 2.46. The number of carbonyl (C=O) groups is 1. The smallest absolute Gasteiger partial charge is 0.223 e. The zero-order valence-electron chi connectivity index (χ0n) is 11.4. The van der Waals surface area contributed by atoms with Gasteiger partial charge in [0.05, 0.1) is 6.54 Å². The lowest BCUT2D eigenvalue weighted by atomic mass is 9.99. The van der Waals surface area contributed by atoms with E-state index in [9.17, 15) is 4.79 Å². The number of benzene rings is 1. The van der Waals surface area contributed by atoms with Crippen LogP contribution in [0.2, 0.25) is 0 Å². The number of amides is 1. The maximum absolute atomic E-state index is 11.8. The molecule has 19 heavy (non-hydrogen) atoms. The van der Waals surface area contributed by atoms with Crippen LogP contribution in [0.25, 0.3) is 0 Å². The number of rotatable bonds is 5. The number of ether oxygens (including phenoxy) is 2. The Morgan fingerprint density at radius 3 is 2.68 bits per heavy atom. The van der Waals surface area contributed by atoms with E-state index in [0.717, 1.165) is 18.6 Å². The molecule has 0 spiro atoms. The van der Waals surface area contributed by atoms with Gasteiger partial charge in [-0.3, -0.25) is 4.79 Å². The summed E-state index contributed by atoms with van der Waals surface area (Å²) in [5.74, 6) is 1.06. The molecule has 1 aromatic rings. The topological polar surface area (TPSA) is 47.6 Å². The molecule has 1 fully saturated rings. The number of aryl methyl sites for hydroxylation is 1. The molecule has 0 unspecified atom stereocenters. The predicted octanol–water partition coefficient (Wildman–Crippen LogP) is 1.92. The van der Waals surface area contributed by atoms with Gasteiger partial charge in [0.15, 0.2) is 0 Å². The van der Waals surface area contributed by atoms with Crippen molar-refractivity contribution in [3.8, 4) is 5.75 Å². The highest BCUT2D eigenvalue weighted by Gasteiger charge is 2.20. The minimum absolute atomic E-state index is 0.105. The lowest BCUT2D eigenvalue weighted by Crippen LogP contribution is -2.36. The summed E-state index contributed by atoms with van der Waals surface area (Å²) in [5, 5.41) is 2.91. The second-order valence-corrected chi connectivity index (χ2v) is 4.84. The van der Waals surface area contributed by atoms with Crippen LogP contribution in [-0.4, -0.2) is 32.3 Å². The molecular formula is C15H21NO3. The third-order valence-corrected chi connectivity index (χ3v) is 3.28. The number of hydrogen-bond donors (Lipinski definition) is 1. The molecule has 0 bridgehead atoms. The van der Waals surface area contributed by atoms with Gasteiger partial charge >= 0.3 is 0 Å². The van der Waals surface area contributed by atoms with E-state index >= 15 is 0 Å². The molecular weight excluding hydrogens is 242 g/mol. The van der Waals surface area contributed by atoms with Gasteiger partial charge in [-0.05, 0) is 31.9 Å². The van der Waals surface area contributed by atoms with Crippen molar-refractivity contribution in [1.82, 2.24) is 5.32 Å². The Morgan fingerprint density at radius 1 is 1.32 bits per heavy atom. The van der Waals surface area contributed by atoms with Gasteiger partial charge in [-0.25, -0.2) is 0 Å². The molecule has 0 aromatic heterocycles. The van der Waals surface area contributed by atoms with E-state index in [0.29, 0.717) is 26.4 Å². The molecule has 0 atom stereocenters. The minimum atomic E-state index is 0.105. The van der Waals surface area contributed by atoms with Crippen LogP contribution in [0.4, 0.5) is 0 Å². The standard InChI is InChI=1S/C15H21NO3/c1-12-2-4-14(5-3-12)19-11-8-16-15(17)13-6-9-18-10-7-13/h2-5,13H,6-11H2,1H3,(H,16,17). The first kappa shape index (κ1) is 13.9. The molecule has 1 heterocycles. The second kappa shape index (κ2) is 7.14. The lowest BCUT2D eigenvalue weighted by molar-refractivity contribution is -0.127. The van der Waals surface area contributed by atoms with Crippen LogP contribution in [0.5, 0.6) is 5.75 Å². The van der Waals surface area contributed by atoms with Crippen LogP contribution in [0.3, 0.4) is 0 Å². The normalized spacial score (nSPS) is 16.1. The number of carbonyl (C=O) groups excluding carboxylic acids is 1. The van der Waals surface area contributed by atoms with Crippen molar-refractivity contribution in [2.75, 3.05) is 26.4 Å². The van der Waals surface area contributed by atoms with Crippen molar-refractivity contribution < 1.29 is 14.3 Å². The van der Waals surface area contributed by atoms with Gasteiger partial charge in [0.25, 0.3) is 0 Å². The van der Waals surface area contributed by atoms with Crippen molar-refractivity contribution in [3.63, 3.8) is 0 Å². The molecule has 104 valence electrons. The predicted molar refractivity (Wildman–Crippen MR) is 73.2 cm³/mol. The van der Waals surface area contributed by atoms with Gasteiger partial charge in [0.2, 0.25) is 5.91 Å². The van der Waals surface area contributed by atoms with E-state index in [-0.39, 0.29) is 11.8 Å². The van der Waals surface area contributed by atoms with E-state index in [1.165, 1.54) is 5.56 Å². The van der Waals surface area contributed by atoms with E-state index < -0.39 is 0 Å². The molecule has 0 radical (unpaired) electrons. The maximum atomic E-state index is 11.8. The van der Waals surface area contributed by atoms with E-state index in [2.05, 4.69) is 5.32 Å². The average molecular weight is 263 g/mol. The van der Waals surface area contributed by atoms with Crippen LogP contribution in [0.15, 0.2) is 24.3 Å². The molecule has 1 N–H and O–H groups in total. The van der Waals surface area contributed by atoms with Gasteiger partial charge in [-0.15, -0.1) is 0 Å². The number of nitrogens with one attached hydrogen (secondary N) is 1. The Kier molecular flexibility index (Phi) is 5.21. The van der Waals surface area contributed by atoms with Gasteiger partial charge in [-0.1, -0.05) is 17.7 Å². The van der Waals surface area contributed by atoms with Gasteiger partial charge in [0.1, 0.15) is 12.4 Å². The zero-order valence-corrected chi connectivity index (χ0v) is 11.4. The molecule has 0 saturated carbocycles. The molecule has 4 heteroatoms. The Bertz CT molecular complexity index is 396. The third-order valence-electron chi connectivity index (χ3n) is 3.28. The summed E-state index contributed by atoms with van der Waals surface area (Å²) in [7, 11) is 0. The first-order chi connectivity index (χ1) is 9.25. The van der Waals surface area contributed by atoms with Crippen molar-refractivity contribution in [3.05, 3.63) is 29.8 Å². The Balaban J connectivity index is 1.63. The van der Waals surface area contributed by atoms with Crippen molar-refractivity contribution in [2.24, 2.45) is 5.92 Å². The van der Waals surface area contributed by atoms with E-state index in [1.807, 2.05) is 31.2 Å². The highest BCUT2D eigenvalue weighted by Crippen LogP contribution is 2.14. The Hall–Kier alpha value is -1.55. The van der Waals surface area contributed by atoms with Crippen LogP contribution in [0, 0.1) is 12.8 Å². The summed E-state index contributed by atoms with van der Waals surface area (Å²) in [5.41, 5.74) is 1.21. The molecule has 1 aliphatic rings. The SMILES string of the molecule is Cc1ccc(OCCNC(=O)C2CCOCC2)cc1. The molecule has 2 rings (SSSR count). The van der Waals surface area contributed by atoms with Crippen LogP contribution in [0.1, 0.15) is 18.4 Å². The van der Waals surface area contributed by atoms with Crippen LogP contribution < -0.4 is 10.1 Å². The maximum Gasteiger partial charge on any atom is 0.223 e. The fraction of sp³-hybridized carbons (Fsp3) is 0.533. The first-order valence-electron chi connectivity index (χ1n) is 6.80. The second-order valence-electron chi connectivity index (χ2n) is 4.84. The Labute approximate surface area is 114 Å². The monoisotopic (exact) mass is 263 g/mol. The van der Waals surface area contributed by atoms with Crippen molar-refractivity contribution in [1.29, 1.82) is 0 Å². The van der Waals surface area contributed by atoms with Gasteiger partial charge in [-0.2, -0.15) is 0 Å². The largest absolute Gasteiger partial charge is 0.492 e. The van der Waals surface area contributed by atoms with E-state index in [4.69, 9.17) is 9.47 Å². The molecule has 1 aromatic carbocycles. The van der Waals surface area contributed by atoms with Crippen molar-refractivity contribution >= 4 is 5.91 Å². The quantitative estimate of drug-likeness (QED) is 0.826. The summed E-state index contributed by atoms with van der Waals surface area (Å²) in [6.45, 7) is 4.47. The molecule has 1 aliphatic heterocycles. The zero-order chi connectivity index (χ0) is 13.5. The number of hydrogen-bond acceptors (Lipinski definition) is 3. The summed E-state index contributed by atoms with van der Waals surface area (Å²) in [4.78, 5) is 11.8. The molecule has 4 nitrogen and oxygen atoms in total. The fourth-order valence-electron chi connectivity index (χ4n) is 2.08. The summed E-state index contributed by atoms with van der Waals surface area (Å²) < 4.78 is 10.8. The fourth-order valence-corrected chi connectivity index (χ4v) is 2.08. The summed E-state index contributed by atoms with van der Waals surface area (Å²) >= 11 is 0. The highest BCUT2D eigenvalue weighted by molar-refractivity contribution is 5.78. The minimum Gasteiger partial charge on any atom is -0.492 e. The summed E-state index contributed by atoms with van der Waals surface area (Å²) in [6.07, 6.45) is 1.65. The van der Waals surface area contributed by atoms with Gasteiger partial charge in [0, 0.05) is 19.1 Å². The third kappa shape index (κ3) is 4.56. The summed E-state index contributed by atoms with van der Waals surface area (Å²) in [6, 6.07) is 7.90. The first-order valence-corrected chi connectivity index (χ1v) is 6.80. The molecule has 1 amide bonds. The van der Waals surface area contributed by atoms with Gasteiger partial charge < -0.3 is 14.8 Å². The highest BCUT2D eigenvalue weighted by atomic mass is 16.5. The van der Waals surface area contributed by atoms with Crippen LogP contribution >= 0.6 is 0 Å². The molecule has 1 saturated heterocycles. The lowest BCUT2D eigenvalue weighted by Gasteiger charge is -2.21.